The lowest BCUT2D eigenvalue weighted by atomic mass is 10.0. The number of rotatable bonds is 1. The van der Waals surface area contributed by atoms with E-state index >= 15 is 0 Å². The predicted octanol–water partition coefficient (Wildman–Crippen LogP) is 2.02. The van der Waals surface area contributed by atoms with Gasteiger partial charge in [-0.2, -0.15) is 0 Å². The van der Waals surface area contributed by atoms with Crippen LogP contribution in [0, 0.1) is 0 Å². The second-order valence-corrected chi connectivity index (χ2v) is 3.54. The van der Waals surface area contributed by atoms with Gasteiger partial charge in [0.25, 0.3) is 5.17 Å². The Kier molecular flexibility index (Phi) is 2.19. The maximum atomic E-state index is 5.48. The molecule has 2 atom stereocenters. The monoisotopic (exact) mass is 193 g/mol. The molecule has 0 radical (unpaired) electrons. The topological polar surface area (TPSA) is 21.3 Å². The number of thiocarbonyl (C=S) groups is 1. The highest BCUT2D eigenvalue weighted by Gasteiger charge is 2.28. The van der Waals surface area contributed by atoms with Crippen molar-refractivity contribution in [2.24, 2.45) is 0 Å². The molecule has 0 bridgehead atoms. The Morgan fingerprint density at radius 2 is 2.00 bits per heavy atom. The molecule has 2 rings (SSSR count). The largest absolute Gasteiger partial charge is 0.461 e. The van der Waals surface area contributed by atoms with Crippen LogP contribution in [0.3, 0.4) is 0 Å². The van der Waals surface area contributed by atoms with E-state index in [1.54, 1.807) is 0 Å². The highest BCUT2D eigenvalue weighted by Crippen LogP contribution is 2.25. The average Bonchev–Trinajstić information content (AvgIpc) is 2.47. The Balaban J connectivity index is 2.23. The van der Waals surface area contributed by atoms with Crippen LogP contribution >= 0.6 is 12.2 Å². The minimum atomic E-state index is 0.0636. The van der Waals surface area contributed by atoms with Gasteiger partial charge in [0.05, 0.1) is 6.04 Å². The molecule has 1 aliphatic rings. The zero-order valence-corrected chi connectivity index (χ0v) is 8.17. The van der Waals surface area contributed by atoms with Crippen LogP contribution in [-0.2, 0) is 4.74 Å². The number of benzene rings is 1. The minimum absolute atomic E-state index is 0.0636. The molecule has 1 saturated heterocycles. The fourth-order valence-corrected chi connectivity index (χ4v) is 1.80. The first-order valence-electron chi connectivity index (χ1n) is 4.29. The third kappa shape index (κ3) is 1.65. The van der Waals surface area contributed by atoms with Gasteiger partial charge in [0, 0.05) is 0 Å². The van der Waals surface area contributed by atoms with E-state index in [9.17, 15) is 0 Å². The summed E-state index contributed by atoms with van der Waals surface area (Å²) < 4.78 is 5.48. The first-order valence-corrected chi connectivity index (χ1v) is 4.70. The molecular formula is C10H11NOS. The summed E-state index contributed by atoms with van der Waals surface area (Å²) in [6.07, 6.45) is 0.0636. The van der Waals surface area contributed by atoms with Gasteiger partial charge < -0.3 is 10.1 Å². The minimum Gasteiger partial charge on any atom is -0.461 e. The predicted molar refractivity (Wildman–Crippen MR) is 55.5 cm³/mol. The van der Waals surface area contributed by atoms with Gasteiger partial charge >= 0.3 is 0 Å². The maximum Gasteiger partial charge on any atom is 0.257 e. The second-order valence-electron chi connectivity index (χ2n) is 3.17. The molecule has 1 aromatic carbocycles. The van der Waals surface area contributed by atoms with Crippen LogP contribution in [0.5, 0.6) is 0 Å². The molecule has 1 aliphatic heterocycles. The third-order valence-electron chi connectivity index (χ3n) is 2.16. The molecule has 13 heavy (non-hydrogen) atoms. The lowest BCUT2D eigenvalue weighted by Gasteiger charge is -2.12. The van der Waals surface area contributed by atoms with Crippen molar-refractivity contribution in [1.29, 1.82) is 0 Å². The van der Waals surface area contributed by atoms with Gasteiger partial charge in [-0.1, -0.05) is 30.3 Å². The Labute approximate surface area is 82.9 Å². The Morgan fingerprint density at radius 1 is 1.31 bits per heavy atom. The summed E-state index contributed by atoms with van der Waals surface area (Å²) in [5.74, 6) is 0. The molecule has 0 aromatic heterocycles. The standard InChI is InChI=1S/C10H11NOS/c1-7-9(12-10(13)11-7)8-5-3-2-4-6-8/h2-7,9H,1H3,(H,11,13)/t7-,9-/m0/s1. The Hall–Kier alpha value is -1.09. The van der Waals surface area contributed by atoms with E-state index in [0.29, 0.717) is 5.17 Å². The second kappa shape index (κ2) is 3.34. The molecule has 0 spiro atoms. The van der Waals surface area contributed by atoms with Crippen molar-refractivity contribution in [2.45, 2.75) is 19.1 Å². The molecule has 2 nitrogen and oxygen atoms in total. The molecule has 0 unspecified atom stereocenters. The van der Waals surface area contributed by atoms with Crippen LogP contribution < -0.4 is 5.32 Å². The van der Waals surface area contributed by atoms with Crippen molar-refractivity contribution in [3.8, 4) is 0 Å². The highest BCUT2D eigenvalue weighted by molar-refractivity contribution is 7.80. The molecule has 3 heteroatoms. The van der Waals surface area contributed by atoms with E-state index in [4.69, 9.17) is 17.0 Å². The van der Waals surface area contributed by atoms with Crippen LogP contribution in [0.4, 0.5) is 0 Å². The van der Waals surface area contributed by atoms with Gasteiger partial charge in [0.1, 0.15) is 6.10 Å². The smallest absolute Gasteiger partial charge is 0.257 e. The van der Waals surface area contributed by atoms with E-state index in [-0.39, 0.29) is 12.1 Å². The van der Waals surface area contributed by atoms with Gasteiger partial charge in [-0.05, 0) is 24.7 Å². The number of hydrogen-bond acceptors (Lipinski definition) is 2. The molecular weight excluding hydrogens is 182 g/mol. The van der Waals surface area contributed by atoms with Gasteiger partial charge in [0.15, 0.2) is 0 Å². The quantitative estimate of drug-likeness (QED) is 0.689. The molecule has 1 aromatic rings. The summed E-state index contributed by atoms with van der Waals surface area (Å²) in [6.45, 7) is 2.07. The van der Waals surface area contributed by atoms with Crippen LogP contribution in [0.25, 0.3) is 0 Å². The zero-order chi connectivity index (χ0) is 9.26. The average molecular weight is 193 g/mol. The van der Waals surface area contributed by atoms with Gasteiger partial charge in [0.2, 0.25) is 0 Å². The molecule has 68 valence electrons. The van der Waals surface area contributed by atoms with Crippen LogP contribution in [0.1, 0.15) is 18.6 Å². The summed E-state index contributed by atoms with van der Waals surface area (Å²) in [7, 11) is 0. The van der Waals surface area contributed by atoms with Crippen molar-refractivity contribution in [2.75, 3.05) is 0 Å². The lowest BCUT2D eigenvalue weighted by molar-refractivity contribution is 0.214. The van der Waals surface area contributed by atoms with Crippen molar-refractivity contribution in [1.82, 2.24) is 5.32 Å². The normalized spacial score (nSPS) is 26.7. The van der Waals surface area contributed by atoms with Crippen LogP contribution in [0.2, 0.25) is 0 Å². The van der Waals surface area contributed by atoms with E-state index in [1.165, 1.54) is 5.56 Å². The molecule has 0 aliphatic carbocycles. The lowest BCUT2D eigenvalue weighted by Crippen LogP contribution is -2.23. The molecule has 1 fully saturated rings. The number of ether oxygens (including phenoxy) is 1. The van der Waals surface area contributed by atoms with Crippen LogP contribution in [-0.4, -0.2) is 11.2 Å². The molecule has 0 saturated carbocycles. The molecule has 1 heterocycles. The van der Waals surface area contributed by atoms with Gasteiger partial charge in [-0.15, -0.1) is 0 Å². The van der Waals surface area contributed by atoms with Crippen molar-refractivity contribution >= 4 is 17.4 Å². The van der Waals surface area contributed by atoms with Crippen LogP contribution in [0.15, 0.2) is 30.3 Å². The summed E-state index contributed by atoms with van der Waals surface area (Å²) in [4.78, 5) is 0. The maximum absolute atomic E-state index is 5.48. The first-order chi connectivity index (χ1) is 6.27. The summed E-state index contributed by atoms with van der Waals surface area (Å²) in [5, 5.41) is 3.58. The van der Waals surface area contributed by atoms with E-state index in [0.717, 1.165) is 0 Å². The van der Waals surface area contributed by atoms with Crippen molar-refractivity contribution in [3.63, 3.8) is 0 Å². The fourth-order valence-electron chi connectivity index (χ4n) is 1.51. The first kappa shape index (κ1) is 8.51. The van der Waals surface area contributed by atoms with E-state index < -0.39 is 0 Å². The van der Waals surface area contributed by atoms with E-state index in [1.807, 2.05) is 18.2 Å². The Morgan fingerprint density at radius 3 is 2.54 bits per heavy atom. The Bertz CT molecular complexity index is 312. The zero-order valence-electron chi connectivity index (χ0n) is 7.36. The van der Waals surface area contributed by atoms with Gasteiger partial charge in [-0.3, -0.25) is 0 Å². The third-order valence-corrected chi connectivity index (χ3v) is 2.38. The van der Waals surface area contributed by atoms with Gasteiger partial charge in [-0.25, -0.2) is 0 Å². The highest BCUT2D eigenvalue weighted by atomic mass is 32.1. The van der Waals surface area contributed by atoms with Crippen molar-refractivity contribution < 1.29 is 4.74 Å². The molecule has 0 amide bonds. The number of hydrogen-bond donors (Lipinski definition) is 1. The summed E-state index contributed by atoms with van der Waals surface area (Å²) in [6, 6.07) is 10.4. The number of nitrogens with one attached hydrogen (secondary N) is 1. The summed E-state index contributed by atoms with van der Waals surface area (Å²) >= 11 is 4.94. The SMILES string of the molecule is C[C@@H]1NC(=S)O[C@@H]1c1ccccc1. The summed E-state index contributed by atoms with van der Waals surface area (Å²) in [5.41, 5.74) is 1.17. The van der Waals surface area contributed by atoms with E-state index in [2.05, 4.69) is 24.4 Å². The fraction of sp³-hybridized carbons (Fsp3) is 0.300. The van der Waals surface area contributed by atoms with Crippen molar-refractivity contribution in [3.05, 3.63) is 35.9 Å². The molecule has 1 N–H and O–H groups in total.